The third-order valence-corrected chi connectivity index (χ3v) is 5.53. The van der Waals surface area contributed by atoms with Gasteiger partial charge >= 0.3 is 6.18 Å². The molecular formula is C19H19F3N8. The van der Waals surface area contributed by atoms with Crippen molar-refractivity contribution in [1.82, 2.24) is 29.8 Å². The number of alkyl halides is 3. The number of anilines is 1. The summed E-state index contributed by atoms with van der Waals surface area (Å²) in [7, 11) is 0. The Bertz CT molecular complexity index is 1230. The molecule has 8 nitrogen and oxygen atoms in total. The summed E-state index contributed by atoms with van der Waals surface area (Å²) in [6.07, 6.45) is -0.405. The Morgan fingerprint density at radius 3 is 2.83 bits per heavy atom. The number of aromatic amines is 1. The van der Waals surface area contributed by atoms with Gasteiger partial charge in [-0.15, -0.1) is 5.10 Å². The van der Waals surface area contributed by atoms with Gasteiger partial charge in [-0.3, -0.25) is 5.10 Å². The lowest BCUT2D eigenvalue weighted by atomic mass is 10.0. The van der Waals surface area contributed by atoms with Crippen LogP contribution < -0.4 is 10.6 Å². The van der Waals surface area contributed by atoms with Crippen LogP contribution in [0.4, 0.5) is 19.1 Å². The minimum absolute atomic E-state index is 0.0746. The topological polar surface area (TPSA) is 101 Å². The number of nitrogens with two attached hydrogens (primary N) is 1. The first-order valence-electron chi connectivity index (χ1n) is 9.61. The highest BCUT2D eigenvalue weighted by atomic mass is 19.4. The molecule has 0 unspecified atom stereocenters. The molecule has 0 radical (unpaired) electrons. The average Bonchev–Trinajstić information content (AvgIpc) is 3.28. The summed E-state index contributed by atoms with van der Waals surface area (Å²) in [5, 5.41) is 11.7. The van der Waals surface area contributed by atoms with E-state index in [1.807, 2.05) is 11.8 Å². The molecule has 1 fully saturated rings. The fourth-order valence-corrected chi connectivity index (χ4v) is 3.96. The number of hydrogen-bond acceptors (Lipinski definition) is 6. The lowest BCUT2D eigenvalue weighted by Gasteiger charge is -2.36. The van der Waals surface area contributed by atoms with E-state index in [2.05, 4.69) is 25.3 Å². The van der Waals surface area contributed by atoms with Crippen LogP contribution in [-0.2, 0) is 6.18 Å². The Morgan fingerprint density at radius 2 is 2.03 bits per heavy atom. The molecule has 1 aliphatic heterocycles. The quantitative estimate of drug-likeness (QED) is 0.521. The van der Waals surface area contributed by atoms with Crippen molar-refractivity contribution in [3.8, 4) is 11.4 Å². The molecule has 4 aromatic rings. The Kier molecular flexibility index (Phi) is 4.17. The predicted octanol–water partition coefficient (Wildman–Crippen LogP) is 3.00. The van der Waals surface area contributed by atoms with E-state index in [1.165, 1.54) is 0 Å². The number of nitrogens with one attached hydrogen (secondary N) is 1. The average molecular weight is 416 g/mol. The lowest BCUT2D eigenvalue weighted by Crippen LogP contribution is -2.48. The van der Waals surface area contributed by atoms with Gasteiger partial charge in [0.2, 0.25) is 5.95 Å². The molecule has 5 rings (SSSR count). The molecule has 0 saturated carbocycles. The van der Waals surface area contributed by atoms with Gasteiger partial charge in [-0.25, -0.2) is 14.5 Å². The zero-order chi connectivity index (χ0) is 21.0. The fourth-order valence-electron chi connectivity index (χ4n) is 3.96. The molecule has 0 bridgehead atoms. The number of aromatic nitrogens is 6. The van der Waals surface area contributed by atoms with Gasteiger partial charge in [-0.2, -0.15) is 18.3 Å². The van der Waals surface area contributed by atoms with Crippen LogP contribution in [0, 0.1) is 0 Å². The second-order valence-corrected chi connectivity index (χ2v) is 7.60. The monoisotopic (exact) mass is 416 g/mol. The molecule has 0 spiro atoms. The van der Waals surface area contributed by atoms with Gasteiger partial charge in [0.25, 0.3) is 0 Å². The maximum atomic E-state index is 13.8. The number of pyridine rings is 1. The van der Waals surface area contributed by atoms with Gasteiger partial charge in [0.1, 0.15) is 17.0 Å². The third kappa shape index (κ3) is 2.96. The molecule has 30 heavy (non-hydrogen) atoms. The second-order valence-electron chi connectivity index (χ2n) is 7.60. The molecule has 1 saturated heterocycles. The molecule has 2 atom stereocenters. The van der Waals surface area contributed by atoms with Crippen molar-refractivity contribution in [3.05, 3.63) is 36.2 Å². The van der Waals surface area contributed by atoms with Crippen LogP contribution in [0.5, 0.6) is 0 Å². The number of H-pyrrole nitrogens is 1. The van der Waals surface area contributed by atoms with Crippen molar-refractivity contribution >= 4 is 22.5 Å². The Labute approximate surface area is 168 Å². The molecule has 0 amide bonds. The predicted molar refractivity (Wildman–Crippen MR) is 105 cm³/mol. The van der Waals surface area contributed by atoms with Crippen molar-refractivity contribution in [2.24, 2.45) is 5.73 Å². The van der Waals surface area contributed by atoms with Crippen molar-refractivity contribution in [2.75, 3.05) is 11.4 Å². The van der Waals surface area contributed by atoms with Gasteiger partial charge < -0.3 is 10.6 Å². The molecular weight excluding hydrogens is 397 g/mol. The van der Waals surface area contributed by atoms with Gasteiger partial charge in [0.05, 0.1) is 10.9 Å². The highest BCUT2D eigenvalue weighted by Gasteiger charge is 2.38. The Balaban J connectivity index is 1.73. The molecule has 0 aliphatic carbocycles. The number of hydrogen-bond donors (Lipinski definition) is 2. The van der Waals surface area contributed by atoms with Gasteiger partial charge in [-0.05, 0) is 31.9 Å². The molecule has 5 heterocycles. The van der Waals surface area contributed by atoms with Gasteiger partial charge in [0, 0.05) is 31.0 Å². The Morgan fingerprint density at radius 1 is 1.20 bits per heavy atom. The largest absolute Gasteiger partial charge is 0.420 e. The number of piperidine rings is 1. The molecule has 1 aliphatic rings. The maximum absolute atomic E-state index is 13.8. The van der Waals surface area contributed by atoms with E-state index < -0.39 is 11.7 Å². The number of fused-ring (bicyclic) bond motifs is 3. The van der Waals surface area contributed by atoms with Crippen LogP contribution in [0.25, 0.3) is 27.9 Å². The van der Waals surface area contributed by atoms with E-state index in [-0.39, 0.29) is 29.4 Å². The number of nitrogens with zero attached hydrogens (tertiary/aromatic N) is 6. The summed E-state index contributed by atoms with van der Waals surface area (Å²) in [5.41, 5.74) is 5.98. The number of halogens is 3. The summed E-state index contributed by atoms with van der Waals surface area (Å²) in [6.45, 7) is 2.48. The van der Waals surface area contributed by atoms with Gasteiger partial charge in [0.15, 0.2) is 5.65 Å². The van der Waals surface area contributed by atoms with E-state index in [0.29, 0.717) is 23.1 Å². The van der Waals surface area contributed by atoms with Crippen LogP contribution in [0.3, 0.4) is 0 Å². The van der Waals surface area contributed by atoms with Crippen molar-refractivity contribution in [2.45, 2.75) is 38.0 Å². The van der Waals surface area contributed by atoms with Crippen LogP contribution in [0.15, 0.2) is 30.6 Å². The third-order valence-electron chi connectivity index (χ3n) is 5.53. The summed E-state index contributed by atoms with van der Waals surface area (Å²) in [6, 6.07) is 5.35. The van der Waals surface area contributed by atoms with E-state index in [9.17, 15) is 13.2 Å². The Hall–Kier alpha value is -3.21. The highest BCUT2D eigenvalue weighted by Crippen LogP contribution is 2.39. The van der Waals surface area contributed by atoms with Gasteiger partial charge in [-0.1, -0.05) is 6.07 Å². The van der Waals surface area contributed by atoms with Crippen LogP contribution in [0.2, 0.25) is 0 Å². The molecule has 4 aromatic heterocycles. The highest BCUT2D eigenvalue weighted by molar-refractivity contribution is 6.02. The second kappa shape index (κ2) is 6.66. The summed E-state index contributed by atoms with van der Waals surface area (Å²) < 4.78 is 43.1. The van der Waals surface area contributed by atoms with Crippen molar-refractivity contribution in [3.63, 3.8) is 0 Å². The molecule has 3 N–H and O–H groups in total. The van der Waals surface area contributed by atoms with E-state index in [1.54, 1.807) is 28.9 Å². The first-order chi connectivity index (χ1) is 14.3. The molecule has 11 heteroatoms. The maximum Gasteiger partial charge on any atom is 0.420 e. The minimum Gasteiger partial charge on any atom is -0.337 e. The summed E-state index contributed by atoms with van der Waals surface area (Å²) in [5.74, 6) is 0.216. The van der Waals surface area contributed by atoms with Crippen molar-refractivity contribution in [1.29, 1.82) is 0 Å². The van der Waals surface area contributed by atoms with E-state index in [0.717, 1.165) is 19.0 Å². The van der Waals surface area contributed by atoms with E-state index >= 15 is 0 Å². The number of rotatable bonds is 2. The zero-order valence-corrected chi connectivity index (χ0v) is 16.1. The molecule has 0 aromatic carbocycles. The SMILES string of the molecule is C[C@H]1CC[C@H](N)CN1c1ncc(C(F)(F)F)c(-c2n[nH]c3nn4ccccc4c23)n1. The van der Waals surface area contributed by atoms with Crippen LogP contribution in [0.1, 0.15) is 25.3 Å². The van der Waals surface area contributed by atoms with Crippen molar-refractivity contribution < 1.29 is 13.2 Å². The first kappa shape index (κ1) is 18.8. The zero-order valence-electron chi connectivity index (χ0n) is 16.1. The van der Waals surface area contributed by atoms with E-state index in [4.69, 9.17) is 5.73 Å². The fraction of sp³-hybridized carbons (Fsp3) is 0.368. The summed E-state index contributed by atoms with van der Waals surface area (Å²) >= 11 is 0. The summed E-state index contributed by atoms with van der Waals surface area (Å²) in [4.78, 5) is 10.2. The van der Waals surface area contributed by atoms with Crippen LogP contribution in [-0.4, -0.2) is 48.4 Å². The normalized spacial score (nSPS) is 20.4. The minimum atomic E-state index is -4.63. The van der Waals surface area contributed by atoms with Crippen LogP contribution >= 0.6 is 0 Å². The standard InChI is InChI=1S/C19H19F3N8/c1-10-5-6-11(23)9-29(10)18-24-8-12(19(20,21)22)15(25-18)16-14-13-4-2-3-7-30(13)28-17(14)27-26-16/h2-4,7-8,10-11H,5-6,9,23H2,1H3,(H,27,28)/t10-,11-/m0/s1. The smallest absolute Gasteiger partial charge is 0.337 e. The first-order valence-corrected chi connectivity index (χ1v) is 9.61. The molecule has 156 valence electrons. The lowest BCUT2D eigenvalue weighted by molar-refractivity contribution is -0.137.